The van der Waals surface area contributed by atoms with Crippen molar-refractivity contribution in [2.75, 3.05) is 23.4 Å². The third-order valence-corrected chi connectivity index (χ3v) is 6.02. The average molecular weight is 556 g/mol. The highest BCUT2D eigenvalue weighted by Crippen LogP contribution is 2.40. The molecular weight excluding hydrogens is 529 g/mol. The summed E-state index contributed by atoms with van der Waals surface area (Å²) in [5.41, 5.74) is 1.21. The van der Waals surface area contributed by atoms with Gasteiger partial charge in [0.25, 0.3) is 0 Å². The molecule has 14 heteroatoms. The highest BCUT2D eigenvalue weighted by Gasteiger charge is 2.24. The highest BCUT2D eigenvalue weighted by molar-refractivity contribution is 7.92. The molecule has 0 saturated heterocycles. The fourth-order valence-corrected chi connectivity index (χ4v) is 4.34. The van der Waals surface area contributed by atoms with Crippen LogP contribution in [0, 0.1) is 0 Å². The second-order valence-corrected chi connectivity index (χ2v) is 11.3. The number of anilines is 2. The summed E-state index contributed by atoms with van der Waals surface area (Å²) in [5, 5.41) is 10.8. The first kappa shape index (κ1) is 27.5. The third-order valence-electron chi connectivity index (χ3n) is 4.80. The largest absolute Gasteiger partial charge is 0.453 e. The van der Waals surface area contributed by atoms with Gasteiger partial charge in [-0.1, -0.05) is 23.2 Å². The van der Waals surface area contributed by atoms with E-state index in [4.69, 9.17) is 28.3 Å². The van der Waals surface area contributed by atoms with Gasteiger partial charge in [0.05, 0.1) is 29.8 Å². The van der Waals surface area contributed by atoms with Gasteiger partial charge in [-0.25, -0.2) is 23.2 Å². The van der Waals surface area contributed by atoms with Crippen molar-refractivity contribution < 1.29 is 17.9 Å². The Kier molecular flexibility index (Phi) is 8.01. The van der Waals surface area contributed by atoms with Gasteiger partial charge in [0.15, 0.2) is 0 Å². The van der Waals surface area contributed by atoms with E-state index in [2.05, 4.69) is 30.1 Å². The number of amides is 1. The lowest BCUT2D eigenvalue weighted by Crippen LogP contribution is -2.49. The first-order valence-corrected chi connectivity index (χ1v) is 13.4. The van der Waals surface area contributed by atoms with Gasteiger partial charge >= 0.3 is 6.09 Å². The molecule has 3 N–H and O–H groups in total. The predicted molar refractivity (Wildman–Crippen MR) is 141 cm³/mol. The van der Waals surface area contributed by atoms with E-state index in [-0.39, 0.29) is 27.7 Å². The van der Waals surface area contributed by atoms with Crippen molar-refractivity contribution in [2.24, 2.45) is 0 Å². The molecule has 194 valence electrons. The summed E-state index contributed by atoms with van der Waals surface area (Å²) in [4.78, 5) is 20.5. The maximum Gasteiger partial charge on any atom is 0.408 e. The van der Waals surface area contributed by atoms with Crippen LogP contribution in [0.2, 0.25) is 10.0 Å². The number of alkyl carbamates (subject to hydrolysis) is 1. The van der Waals surface area contributed by atoms with E-state index in [0.29, 0.717) is 22.5 Å². The lowest BCUT2D eigenvalue weighted by atomic mass is 10.0. The number of hydrogen-bond donors (Lipinski definition) is 3. The number of ether oxygens (including phenoxy) is 1. The summed E-state index contributed by atoms with van der Waals surface area (Å²) in [7, 11) is -2.33. The minimum atomic E-state index is -3.61. The molecule has 0 fully saturated rings. The molecule has 0 aliphatic rings. The topological polar surface area (TPSA) is 140 Å². The Morgan fingerprint density at radius 1 is 1.19 bits per heavy atom. The standard InChI is InChI=1S/C22H27Cl2N7O4S/c1-12(2)31-11-15(16-7-8-25-20(26-16)27-22(3,4)28-21(32)35-5)19(29-31)14-9-13(23)10-17(18(14)24)30-36(6,33)34/h7-12,30H,1-6H3,(H,28,32)(H,25,26,27). The van der Waals surface area contributed by atoms with E-state index in [1.807, 2.05) is 20.0 Å². The number of rotatable bonds is 8. The molecule has 0 saturated carbocycles. The number of carbonyl (C=O) groups excluding carboxylic acids is 1. The Morgan fingerprint density at radius 3 is 2.50 bits per heavy atom. The number of hydrogen-bond acceptors (Lipinski definition) is 8. The second kappa shape index (κ2) is 10.5. The molecular formula is C22H27Cl2N7O4S. The summed E-state index contributed by atoms with van der Waals surface area (Å²) in [5.74, 6) is 0.244. The molecule has 0 spiro atoms. The number of benzene rings is 1. The van der Waals surface area contributed by atoms with Gasteiger partial charge in [0.2, 0.25) is 16.0 Å². The smallest absolute Gasteiger partial charge is 0.408 e. The van der Waals surface area contributed by atoms with Crippen LogP contribution in [0.15, 0.2) is 30.6 Å². The molecule has 0 aliphatic carbocycles. The van der Waals surface area contributed by atoms with E-state index in [0.717, 1.165) is 6.26 Å². The highest BCUT2D eigenvalue weighted by atomic mass is 35.5. The molecule has 11 nitrogen and oxygen atoms in total. The first-order valence-electron chi connectivity index (χ1n) is 10.7. The maximum absolute atomic E-state index is 11.8. The van der Waals surface area contributed by atoms with Crippen LogP contribution in [0.3, 0.4) is 0 Å². The molecule has 2 aromatic heterocycles. The first-order chi connectivity index (χ1) is 16.7. The fourth-order valence-electron chi connectivity index (χ4n) is 3.26. The van der Waals surface area contributed by atoms with Crippen LogP contribution in [0.5, 0.6) is 0 Å². The van der Waals surface area contributed by atoms with Gasteiger partial charge in [-0.15, -0.1) is 0 Å². The number of nitrogens with zero attached hydrogens (tertiary/aromatic N) is 4. The predicted octanol–water partition coefficient (Wildman–Crippen LogP) is 4.77. The molecule has 0 unspecified atom stereocenters. The number of methoxy groups -OCH3 is 1. The maximum atomic E-state index is 11.8. The lowest BCUT2D eigenvalue weighted by Gasteiger charge is -2.26. The van der Waals surface area contributed by atoms with Gasteiger partial charge in [-0.05, 0) is 45.9 Å². The van der Waals surface area contributed by atoms with Crippen LogP contribution < -0.4 is 15.4 Å². The van der Waals surface area contributed by atoms with Gasteiger partial charge in [0, 0.05) is 34.6 Å². The van der Waals surface area contributed by atoms with Crippen LogP contribution in [0.4, 0.5) is 16.4 Å². The summed E-state index contributed by atoms with van der Waals surface area (Å²) in [6, 6.07) is 4.74. The molecule has 1 amide bonds. The van der Waals surface area contributed by atoms with Gasteiger partial charge < -0.3 is 10.1 Å². The minimum absolute atomic E-state index is 0.00620. The summed E-state index contributed by atoms with van der Waals surface area (Å²) in [6.45, 7) is 7.38. The zero-order chi connectivity index (χ0) is 26.8. The number of nitrogens with one attached hydrogen (secondary N) is 3. The van der Waals surface area contributed by atoms with E-state index >= 15 is 0 Å². The number of aromatic nitrogens is 4. The van der Waals surface area contributed by atoms with Crippen molar-refractivity contribution >= 4 is 51.0 Å². The van der Waals surface area contributed by atoms with Crippen LogP contribution in [-0.4, -0.2) is 53.3 Å². The van der Waals surface area contributed by atoms with E-state index in [1.54, 1.807) is 36.9 Å². The van der Waals surface area contributed by atoms with Crippen molar-refractivity contribution in [3.05, 3.63) is 40.6 Å². The summed E-state index contributed by atoms with van der Waals surface area (Å²) < 4.78 is 32.5. The van der Waals surface area contributed by atoms with Crippen molar-refractivity contribution in [1.82, 2.24) is 25.1 Å². The quantitative estimate of drug-likeness (QED) is 0.337. The normalized spacial score (nSPS) is 11.9. The molecule has 0 bridgehead atoms. The lowest BCUT2D eigenvalue weighted by molar-refractivity contribution is 0.162. The van der Waals surface area contributed by atoms with Crippen molar-refractivity contribution in [3.63, 3.8) is 0 Å². The molecule has 3 rings (SSSR count). The van der Waals surface area contributed by atoms with Crippen molar-refractivity contribution in [1.29, 1.82) is 0 Å². The fraction of sp³-hybridized carbons (Fsp3) is 0.364. The van der Waals surface area contributed by atoms with Crippen LogP contribution >= 0.6 is 23.2 Å². The van der Waals surface area contributed by atoms with E-state index in [1.165, 1.54) is 13.2 Å². The van der Waals surface area contributed by atoms with Crippen molar-refractivity contribution in [3.8, 4) is 22.5 Å². The Labute approximate surface area is 219 Å². The average Bonchev–Trinajstić information content (AvgIpc) is 3.20. The van der Waals surface area contributed by atoms with Gasteiger partial charge in [0.1, 0.15) is 11.4 Å². The number of carbonyl (C=O) groups is 1. The van der Waals surface area contributed by atoms with E-state index in [9.17, 15) is 13.2 Å². The Hall–Kier alpha value is -3.09. The minimum Gasteiger partial charge on any atom is -0.453 e. The van der Waals surface area contributed by atoms with E-state index < -0.39 is 21.8 Å². The van der Waals surface area contributed by atoms with Gasteiger partial charge in [-0.3, -0.25) is 14.7 Å². The van der Waals surface area contributed by atoms with Crippen LogP contribution in [-0.2, 0) is 14.8 Å². The monoisotopic (exact) mass is 555 g/mol. The molecule has 1 aromatic carbocycles. The Bertz CT molecular complexity index is 1390. The molecule has 0 atom stereocenters. The molecule has 3 aromatic rings. The summed E-state index contributed by atoms with van der Waals surface area (Å²) >= 11 is 12.9. The Balaban J connectivity index is 2.12. The molecule has 36 heavy (non-hydrogen) atoms. The third kappa shape index (κ3) is 6.77. The zero-order valence-electron chi connectivity index (χ0n) is 20.6. The van der Waals surface area contributed by atoms with Gasteiger partial charge in [-0.2, -0.15) is 5.10 Å². The van der Waals surface area contributed by atoms with Crippen molar-refractivity contribution in [2.45, 2.75) is 39.4 Å². The Morgan fingerprint density at radius 2 is 1.89 bits per heavy atom. The number of halogens is 2. The SMILES string of the molecule is COC(=O)NC(C)(C)Nc1nccc(-c2cn(C(C)C)nc2-c2cc(Cl)cc(NS(C)(=O)=O)c2Cl)n1. The molecule has 2 heterocycles. The summed E-state index contributed by atoms with van der Waals surface area (Å²) in [6.07, 6.45) is 3.78. The zero-order valence-corrected chi connectivity index (χ0v) is 22.9. The van der Waals surface area contributed by atoms with Crippen LogP contribution in [0.25, 0.3) is 22.5 Å². The second-order valence-electron chi connectivity index (χ2n) is 8.79. The number of sulfonamides is 1. The van der Waals surface area contributed by atoms with Crippen LogP contribution in [0.1, 0.15) is 33.7 Å². The molecule has 0 aliphatic heterocycles. The molecule has 0 radical (unpaired) electrons.